The van der Waals surface area contributed by atoms with Gasteiger partial charge in [0.05, 0.1) is 18.1 Å². The Labute approximate surface area is 159 Å². The molecular formula is C20H28N4OS. The summed E-state index contributed by atoms with van der Waals surface area (Å²) in [6.07, 6.45) is 10.9. The lowest BCUT2D eigenvalue weighted by molar-refractivity contribution is -0.123. The number of rotatable bonds is 7. The standard InChI is InChI=1S/C20H28N4OS/c1-26-18-9-5-8-16(10-18)23-20(25)19(21)11-17-13-24(14-22-17)12-15-6-3-2-4-7-15/h2-4,6-7,13-14,16,18-19H,5,8-12,21H2,1H3,(H,23,25)/t16?,18?,19-/m0/s1. The number of amides is 1. The lowest BCUT2D eigenvalue weighted by Crippen LogP contribution is -2.48. The first-order valence-corrected chi connectivity index (χ1v) is 10.6. The summed E-state index contributed by atoms with van der Waals surface area (Å²) in [5.74, 6) is -0.0608. The molecule has 5 nitrogen and oxygen atoms in total. The highest BCUT2D eigenvalue weighted by Crippen LogP contribution is 2.26. The number of aromatic nitrogens is 2. The van der Waals surface area contributed by atoms with E-state index in [0.717, 1.165) is 25.1 Å². The van der Waals surface area contributed by atoms with Gasteiger partial charge in [-0.2, -0.15) is 11.8 Å². The monoisotopic (exact) mass is 372 g/mol. The van der Waals surface area contributed by atoms with E-state index >= 15 is 0 Å². The number of nitrogens with one attached hydrogen (secondary N) is 1. The molecule has 2 aromatic rings. The van der Waals surface area contributed by atoms with Gasteiger partial charge in [-0.05, 0) is 31.1 Å². The smallest absolute Gasteiger partial charge is 0.237 e. The lowest BCUT2D eigenvalue weighted by Gasteiger charge is -2.29. The van der Waals surface area contributed by atoms with Crippen molar-refractivity contribution < 1.29 is 4.79 Å². The molecule has 1 fully saturated rings. The van der Waals surface area contributed by atoms with Crippen molar-refractivity contribution in [2.45, 2.75) is 56.0 Å². The van der Waals surface area contributed by atoms with Crippen molar-refractivity contribution in [2.75, 3.05) is 6.26 Å². The van der Waals surface area contributed by atoms with E-state index in [2.05, 4.69) is 28.7 Å². The number of thioether (sulfide) groups is 1. The number of hydrogen-bond donors (Lipinski definition) is 2. The second kappa shape index (κ2) is 9.24. The Morgan fingerprint density at radius 3 is 2.96 bits per heavy atom. The predicted octanol–water partition coefficient (Wildman–Crippen LogP) is 2.59. The van der Waals surface area contributed by atoms with Gasteiger partial charge in [0.15, 0.2) is 0 Å². The maximum atomic E-state index is 12.4. The summed E-state index contributed by atoms with van der Waals surface area (Å²) in [4.78, 5) is 16.8. The SMILES string of the molecule is CSC1CCCC(NC(=O)[C@@H](N)Cc2cn(Cc3ccccc3)cn2)C1. The molecule has 0 bridgehead atoms. The molecule has 3 rings (SSSR count). The van der Waals surface area contributed by atoms with Crippen molar-refractivity contribution in [3.63, 3.8) is 0 Å². The lowest BCUT2D eigenvalue weighted by atomic mass is 9.94. The number of nitrogens with two attached hydrogens (primary N) is 1. The molecule has 1 aromatic carbocycles. The molecule has 1 aliphatic carbocycles. The minimum absolute atomic E-state index is 0.0608. The fraction of sp³-hybridized carbons (Fsp3) is 0.500. The van der Waals surface area contributed by atoms with Gasteiger partial charge in [0, 0.05) is 30.5 Å². The van der Waals surface area contributed by atoms with Gasteiger partial charge in [-0.15, -0.1) is 0 Å². The zero-order valence-corrected chi connectivity index (χ0v) is 16.1. The number of carbonyl (C=O) groups is 1. The molecule has 3 N–H and O–H groups in total. The van der Waals surface area contributed by atoms with Gasteiger partial charge in [0.2, 0.25) is 5.91 Å². The molecule has 140 valence electrons. The molecular weight excluding hydrogens is 344 g/mol. The fourth-order valence-electron chi connectivity index (χ4n) is 3.51. The minimum atomic E-state index is -0.551. The van der Waals surface area contributed by atoms with Crippen LogP contribution >= 0.6 is 11.8 Å². The Kier molecular flexibility index (Phi) is 6.74. The van der Waals surface area contributed by atoms with Gasteiger partial charge in [-0.25, -0.2) is 4.98 Å². The van der Waals surface area contributed by atoms with Crippen molar-refractivity contribution in [1.29, 1.82) is 0 Å². The molecule has 0 saturated heterocycles. The highest BCUT2D eigenvalue weighted by Gasteiger charge is 2.25. The van der Waals surface area contributed by atoms with Gasteiger partial charge >= 0.3 is 0 Å². The molecule has 2 unspecified atom stereocenters. The van der Waals surface area contributed by atoms with E-state index in [0.29, 0.717) is 11.7 Å². The van der Waals surface area contributed by atoms with Crippen LogP contribution in [0, 0.1) is 0 Å². The Morgan fingerprint density at radius 1 is 1.38 bits per heavy atom. The second-order valence-corrected chi connectivity index (χ2v) is 8.20. The molecule has 1 amide bonds. The Morgan fingerprint density at radius 2 is 2.19 bits per heavy atom. The zero-order chi connectivity index (χ0) is 18.4. The van der Waals surface area contributed by atoms with Crippen LogP contribution in [0.2, 0.25) is 0 Å². The van der Waals surface area contributed by atoms with E-state index in [1.54, 1.807) is 6.33 Å². The first-order valence-electron chi connectivity index (χ1n) is 9.27. The summed E-state index contributed by atoms with van der Waals surface area (Å²) >= 11 is 1.90. The average molecular weight is 373 g/mol. The van der Waals surface area contributed by atoms with Gasteiger partial charge < -0.3 is 15.6 Å². The van der Waals surface area contributed by atoms with Crippen LogP contribution in [0.4, 0.5) is 0 Å². The molecule has 0 aliphatic heterocycles. The number of hydrogen-bond acceptors (Lipinski definition) is 4. The first-order chi connectivity index (χ1) is 12.6. The topological polar surface area (TPSA) is 72.9 Å². The molecule has 6 heteroatoms. The normalized spacial score (nSPS) is 21.3. The quantitative estimate of drug-likeness (QED) is 0.783. The number of imidazole rings is 1. The van der Waals surface area contributed by atoms with Crippen molar-refractivity contribution in [1.82, 2.24) is 14.9 Å². The predicted molar refractivity (Wildman–Crippen MR) is 107 cm³/mol. The van der Waals surface area contributed by atoms with Gasteiger partial charge in [0.25, 0.3) is 0 Å². The van der Waals surface area contributed by atoms with E-state index in [-0.39, 0.29) is 11.9 Å². The zero-order valence-electron chi connectivity index (χ0n) is 15.3. The summed E-state index contributed by atoms with van der Waals surface area (Å²) in [6.45, 7) is 0.771. The van der Waals surface area contributed by atoms with Crippen molar-refractivity contribution >= 4 is 17.7 Å². The van der Waals surface area contributed by atoms with Crippen LogP contribution in [0.1, 0.15) is 36.9 Å². The van der Waals surface area contributed by atoms with Crippen LogP contribution in [0.15, 0.2) is 42.9 Å². The molecule has 26 heavy (non-hydrogen) atoms. The Hall–Kier alpha value is -1.79. The van der Waals surface area contributed by atoms with Crippen molar-refractivity contribution in [3.8, 4) is 0 Å². The molecule has 1 aromatic heterocycles. The largest absolute Gasteiger partial charge is 0.352 e. The van der Waals surface area contributed by atoms with Crippen LogP contribution in [0.25, 0.3) is 0 Å². The van der Waals surface area contributed by atoms with Crippen molar-refractivity contribution in [3.05, 3.63) is 54.1 Å². The number of benzene rings is 1. The third-order valence-corrected chi connectivity index (χ3v) is 6.06. The van der Waals surface area contributed by atoms with Crippen LogP contribution < -0.4 is 11.1 Å². The highest BCUT2D eigenvalue weighted by molar-refractivity contribution is 7.99. The highest BCUT2D eigenvalue weighted by atomic mass is 32.2. The van der Waals surface area contributed by atoms with E-state index < -0.39 is 6.04 Å². The van der Waals surface area contributed by atoms with Gasteiger partial charge in [-0.3, -0.25) is 4.79 Å². The number of nitrogens with zero attached hydrogens (tertiary/aromatic N) is 2. The fourth-order valence-corrected chi connectivity index (χ4v) is 4.34. The van der Waals surface area contributed by atoms with Gasteiger partial charge in [-0.1, -0.05) is 36.8 Å². The second-order valence-electron chi connectivity index (χ2n) is 7.06. The van der Waals surface area contributed by atoms with E-state index in [4.69, 9.17) is 5.73 Å². The summed E-state index contributed by atoms with van der Waals surface area (Å²) in [5, 5.41) is 3.79. The average Bonchev–Trinajstić information content (AvgIpc) is 3.09. The maximum absolute atomic E-state index is 12.4. The van der Waals surface area contributed by atoms with Crippen LogP contribution in [0.3, 0.4) is 0 Å². The third-order valence-electron chi connectivity index (χ3n) is 4.97. The molecule has 1 aliphatic rings. The van der Waals surface area contributed by atoms with E-state index in [1.807, 2.05) is 40.7 Å². The molecule has 0 spiro atoms. The van der Waals surface area contributed by atoms with Crippen LogP contribution in [0.5, 0.6) is 0 Å². The molecule has 1 saturated carbocycles. The number of carbonyl (C=O) groups excluding carboxylic acids is 1. The molecule has 0 radical (unpaired) electrons. The summed E-state index contributed by atoms with van der Waals surface area (Å²) in [5.41, 5.74) is 8.21. The Bertz CT molecular complexity index is 703. The third kappa shape index (κ3) is 5.35. The van der Waals surface area contributed by atoms with Crippen molar-refractivity contribution in [2.24, 2.45) is 5.73 Å². The van der Waals surface area contributed by atoms with Crippen LogP contribution in [-0.2, 0) is 17.8 Å². The van der Waals surface area contributed by atoms with E-state index in [1.165, 1.54) is 18.4 Å². The molecule has 3 atom stereocenters. The van der Waals surface area contributed by atoms with E-state index in [9.17, 15) is 4.79 Å². The summed E-state index contributed by atoms with van der Waals surface area (Å²) in [6, 6.07) is 9.95. The summed E-state index contributed by atoms with van der Waals surface area (Å²) < 4.78 is 2.03. The minimum Gasteiger partial charge on any atom is -0.352 e. The van der Waals surface area contributed by atoms with Gasteiger partial charge in [0.1, 0.15) is 0 Å². The summed E-state index contributed by atoms with van der Waals surface area (Å²) in [7, 11) is 0. The molecule has 1 heterocycles. The Balaban J connectivity index is 1.49. The van der Waals surface area contributed by atoms with Crippen LogP contribution in [-0.4, -0.2) is 39.0 Å². The maximum Gasteiger partial charge on any atom is 0.237 e. The first kappa shape index (κ1) is 19.0.